The summed E-state index contributed by atoms with van der Waals surface area (Å²) < 4.78 is 11.8. The van der Waals surface area contributed by atoms with Crippen LogP contribution < -0.4 is 5.32 Å². The smallest absolute Gasteiger partial charge is 0.326 e. The van der Waals surface area contributed by atoms with Gasteiger partial charge in [-0.1, -0.05) is 48.5 Å². The van der Waals surface area contributed by atoms with E-state index in [0.717, 1.165) is 33.4 Å². The fourth-order valence-electron chi connectivity index (χ4n) is 4.16. The number of carbonyl (C=O) groups excluding carboxylic acids is 1. The number of nitrogens with one attached hydrogen (secondary N) is 1. The topological polar surface area (TPSA) is 124 Å². The maximum Gasteiger partial charge on any atom is 0.326 e. The number of carbonyl (C=O) groups is 2. The lowest BCUT2D eigenvalue weighted by atomic mass is 9.93. The van der Waals surface area contributed by atoms with Crippen molar-refractivity contribution in [1.29, 1.82) is 0 Å². The first-order valence-electron chi connectivity index (χ1n) is 11.2. The maximum absolute atomic E-state index is 12.9. The van der Waals surface area contributed by atoms with Crippen molar-refractivity contribution in [2.45, 2.75) is 38.9 Å². The molecule has 0 spiro atoms. The third-order valence-corrected chi connectivity index (χ3v) is 6.76. The third kappa shape index (κ3) is 7.28. The van der Waals surface area contributed by atoms with Crippen LogP contribution in [0.2, 0.25) is 0 Å². The molecule has 184 valence electrons. The summed E-state index contributed by atoms with van der Waals surface area (Å²) in [5.41, 5.74) is 5.27. The number of phenolic OH excluding ortho intramolecular Hbond substituents is 1. The molecule has 3 rings (SSSR count). The van der Waals surface area contributed by atoms with Crippen molar-refractivity contribution in [2.24, 2.45) is 0 Å². The second kappa shape index (κ2) is 10.9. The van der Waals surface area contributed by atoms with Crippen molar-refractivity contribution in [2.75, 3.05) is 6.66 Å². The first-order valence-corrected chi connectivity index (χ1v) is 13.5. The average Bonchev–Trinajstić information content (AvgIpc) is 2.76. The van der Waals surface area contributed by atoms with Crippen LogP contribution in [0.15, 0.2) is 60.7 Å². The highest BCUT2D eigenvalue weighted by Crippen LogP contribution is 2.40. The summed E-state index contributed by atoms with van der Waals surface area (Å²) in [4.78, 5) is 34.3. The fraction of sp³-hybridized carbons (Fsp3) is 0.259. The van der Waals surface area contributed by atoms with E-state index in [9.17, 15) is 29.3 Å². The SMILES string of the molecule is Cc1cc(CP(C)(=O)O)cc(C)c1Cc1ccc(O)c(C(=O)N[C@@H](Cc2ccccc2)C(=O)O)c1. The summed E-state index contributed by atoms with van der Waals surface area (Å²) in [6, 6.07) is 16.3. The van der Waals surface area contributed by atoms with E-state index in [1.807, 2.05) is 32.0 Å². The van der Waals surface area contributed by atoms with Gasteiger partial charge in [-0.2, -0.15) is 0 Å². The third-order valence-electron chi connectivity index (χ3n) is 5.80. The lowest BCUT2D eigenvalue weighted by Crippen LogP contribution is -2.42. The second-order valence-corrected chi connectivity index (χ2v) is 11.4. The van der Waals surface area contributed by atoms with E-state index < -0.39 is 25.3 Å². The number of aliphatic carboxylic acids is 1. The molecule has 1 amide bonds. The van der Waals surface area contributed by atoms with Gasteiger partial charge in [-0.25, -0.2) is 4.79 Å². The zero-order chi connectivity index (χ0) is 25.8. The van der Waals surface area contributed by atoms with E-state index in [2.05, 4.69) is 5.32 Å². The van der Waals surface area contributed by atoms with Crippen LogP contribution in [0.25, 0.3) is 0 Å². The number of amides is 1. The monoisotopic (exact) mass is 495 g/mol. The number of carboxylic acids is 1. The van der Waals surface area contributed by atoms with Crippen molar-refractivity contribution >= 4 is 19.2 Å². The van der Waals surface area contributed by atoms with Gasteiger partial charge in [0.1, 0.15) is 11.8 Å². The molecule has 2 atom stereocenters. The number of benzene rings is 3. The van der Waals surface area contributed by atoms with Gasteiger partial charge in [-0.3, -0.25) is 9.36 Å². The normalized spacial score (nSPS) is 13.6. The minimum absolute atomic E-state index is 0.000870. The van der Waals surface area contributed by atoms with Crippen molar-refractivity contribution in [3.8, 4) is 5.75 Å². The predicted octanol–water partition coefficient (Wildman–Crippen LogP) is 4.43. The zero-order valence-corrected chi connectivity index (χ0v) is 20.9. The van der Waals surface area contributed by atoms with Crippen LogP contribution in [0.5, 0.6) is 5.75 Å². The second-order valence-electron chi connectivity index (χ2n) is 9.00. The van der Waals surface area contributed by atoms with Crippen molar-refractivity contribution in [1.82, 2.24) is 5.32 Å². The molecule has 0 aromatic heterocycles. The molecule has 0 saturated heterocycles. The summed E-state index contributed by atoms with van der Waals surface area (Å²) in [5, 5.41) is 22.4. The first kappa shape index (κ1) is 26.2. The fourth-order valence-corrected chi connectivity index (χ4v) is 5.02. The molecule has 35 heavy (non-hydrogen) atoms. The molecule has 3 aromatic carbocycles. The van der Waals surface area contributed by atoms with Gasteiger partial charge in [0, 0.05) is 19.2 Å². The van der Waals surface area contributed by atoms with Gasteiger partial charge in [0.05, 0.1) is 5.56 Å². The van der Waals surface area contributed by atoms with Gasteiger partial charge in [-0.15, -0.1) is 0 Å². The highest BCUT2D eigenvalue weighted by molar-refractivity contribution is 7.56. The van der Waals surface area contributed by atoms with E-state index in [0.29, 0.717) is 6.42 Å². The summed E-state index contributed by atoms with van der Waals surface area (Å²) >= 11 is 0. The molecule has 0 aliphatic heterocycles. The summed E-state index contributed by atoms with van der Waals surface area (Å²) in [6.07, 6.45) is 0.700. The van der Waals surface area contributed by atoms with Gasteiger partial charge in [0.15, 0.2) is 0 Å². The van der Waals surface area contributed by atoms with Crippen LogP contribution in [-0.4, -0.2) is 39.7 Å². The van der Waals surface area contributed by atoms with E-state index in [1.54, 1.807) is 36.4 Å². The molecule has 0 aliphatic carbocycles. The molecule has 0 radical (unpaired) electrons. The molecular weight excluding hydrogens is 465 g/mol. The van der Waals surface area contributed by atoms with Gasteiger partial charge in [0.2, 0.25) is 7.37 Å². The lowest BCUT2D eigenvalue weighted by molar-refractivity contribution is -0.139. The molecule has 0 bridgehead atoms. The minimum atomic E-state index is -3.19. The van der Waals surface area contributed by atoms with Crippen LogP contribution >= 0.6 is 7.37 Å². The molecule has 0 aliphatic rings. The molecule has 0 fully saturated rings. The highest BCUT2D eigenvalue weighted by atomic mass is 31.2. The summed E-state index contributed by atoms with van der Waals surface area (Å²) in [6.45, 7) is 5.20. The average molecular weight is 496 g/mol. The van der Waals surface area contributed by atoms with Crippen LogP contribution in [0, 0.1) is 13.8 Å². The highest BCUT2D eigenvalue weighted by Gasteiger charge is 2.23. The van der Waals surface area contributed by atoms with E-state index in [-0.39, 0.29) is 23.9 Å². The Balaban J connectivity index is 1.81. The molecule has 7 nitrogen and oxygen atoms in total. The Labute approximate surface area is 204 Å². The Morgan fingerprint density at radius 2 is 1.57 bits per heavy atom. The van der Waals surface area contributed by atoms with E-state index >= 15 is 0 Å². The molecular formula is C27H30NO6P. The number of hydrogen-bond donors (Lipinski definition) is 4. The Morgan fingerprint density at radius 3 is 2.14 bits per heavy atom. The molecule has 8 heteroatoms. The lowest BCUT2D eigenvalue weighted by Gasteiger charge is -2.17. The van der Waals surface area contributed by atoms with E-state index in [4.69, 9.17) is 0 Å². The Bertz CT molecular complexity index is 1260. The largest absolute Gasteiger partial charge is 0.507 e. The van der Waals surface area contributed by atoms with Crippen molar-refractivity contribution < 1.29 is 29.3 Å². The van der Waals surface area contributed by atoms with Gasteiger partial charge in [-0.05, 0) is 65.8 Å². The van der Waals surface area contributed by atoms with Crippen LogP contribution in [-0.2, 0) is 28.4 Å². The van der Waals surface area contributed by atoms with Crippen LogP contribution in [0.3, 0.4) is 0 Å². The van der Waals surface area contributed by atoms with Crippen LogP contribution in [0.4, 0.5) is 0 Å². The minimum Gasteiger partial charge on any atom is -0.507 e. The summed E-state index contributed by atoms with van der Waals surface area (Å²) in [5.74, 6) is -2.07. The quantitative estimate of drug-likeness (QED) is 0.326. The zero-order valence-electron chi connectivity index (χ0n) is 20.0. The Hall–Kier alpha value is -3.41. The number of carboxylic acid groups (broad SMARTS) is 1. The first-order chi connectivity index (χ1) is 16.4. The maximum atomic E-state index is 12.9. The number of aryl methyl sites for hydroxylation is 2. The van der Waals surface area contributed by atoms with E-state index in [1.165, 1.54) is 12.7 Å². The van der Waals surface area contributed by atoms with Crippen molar-refractivity contribution in [3.05, 3.63) is 99.6 Å². The number of rotatable bonds is 9. The van der Waals surface area contributed by atoms with Gasteiger partial charge in [0.25, 0.3) is 5.91 Å². The molecule has 0 heterocycles. The number of phenols is 1. The Kier molecular flexibility index (Phi) is 8.15. The number of aromatic hydroxyl groups is 1. The van der Waals surface area contributed by atoms with Crippen LogP contribution in [0.1, 0.15) is 43.7 Å². The number of hydrogen-bond acceptors (Lipinski definition) is 4. The Morgan fingerprint density at radius 1 is 0.943 bits per heavy atom. The molecule has 4 N–H and O–H groups in total. The van der Waals surface area contributed by atoms with Gasteiger partial charge < -0.3 is 20.4 Å². The predicted molar refractivity (Wildman–Crippen MR) is 135 cm³/mol. The summed E-state index contributed by atoms with van der Waals surface area (Å²) in [7, 11) is -3.19. The van der Waals surface area contributed by atoms with Crippen molar-refractivity contribution in [3.63, 3.8) is 0 Å². The standard InChI is InChI=1S/C27H30NO6P/c1-17-11-21(16-35(3,33)34)12-18(2)22(17)13-20-9-10-25(29)23(14-20)26(30)28-24(27(31)32)15-19-7-5-4-6-8-19/h4-12,14,24,29H,13,15-16H2,1-3H3,(H,28,30)(H,31,32)(H,33,34)/t24-/m0/s1. The van der Waals surface area contributed by atoms with Gasteiger partial charge >= 0.3 is 5.97 Å². The molecule has 3 aromatic rings. The molecule has 0 saturated carbocycles. The molecule has 1 unspecified atom stereocenters.